The first-order valence-corrected chi connectivity index (χ1v) is 20.9. The average Bonchev–Trinajstić information content (AvgIpc) is 3.75. The molecule has 2 heteroatoms. The highest BCUT2D eigenvalue weighted by Gasteiger charge is 2.48. The fraction of sp³-hybridized carbons (Fsp3) is 0. The Bertz CT molecular complexity index is 2850. The second-order valence-corrected chi connectivity index (χ2v) is 17.4. The molecular formula is C54H37NS. The second-order valence-electron chi connectivity index (χ2n) is 14.5. The van der Waals surface area contributed by atoms with Crippen LogP contribution in [0.1, 0.15) is 0 Å². The van der Waals surface area contributed by atoms with Crippen LogP contribution >= 0.6 is 10.0 Å². The normalized spacial score (nSPS) is 13.4. The Morgan fingerprint density at radius 2 is 0.732 bits per heavy atom. The van der Waals surface area contributed by atoms with E-state index in [1.54, 1.807) is 0 Å². The van der Waals surface area contributed by atoms with Gasteiger partial charge in [0, 0.05) is 36.5 Å². The topological polar surface area (TPSA) is 3.24 Å². The Morgan fingerprint density at radius 3 is 1.36 bits per heavy atom. The highest BCUT2D eigenvalue weighted by atomic mass is 32.3. The van der Waals surface area contributed by atoms with Gasteiger partial charge in [-0.3, -0.25) is 0 Å². The minimum atomic E-state index is -1.76. The summed E-state index contributed by atoms with van der Waals surface area (Å²) in [6.07, 6.45) is 0. The maximum Gasteiger partial charge on any atom is 0.0546 e. The van der Waals surface area contributed by atoms with E-state index in [1.165, 1.54) is 75.2 Å². The number of hydrogen-bond acceptors (Lipinski definition) is 1. The lowest BCUT2D eigenvalue weighted by atomic mass is 9.90. The molecule has 0 fully saturated rings. The molecule has 9 aromatic rings. The Hall–Kier alpha value is -6.87. The number of fused-ring (bicyclic) bond motifs is 10. The molecule has 0 saturated heterocycles. The van der Waals surface area contributed by atoms with Crippen LogP contribution in [0.2, 0.25) is 0 Å². The van der Waals surface area contributed by atoms with Crippen LogP contribution in [0.4, 0.5) is 17.1 Å². The van der Waals surface area contributed by atoms with E-state index in [2.05, 4.69) is 229 Å². The average molecular weight is 732 g/mol. The summed E-state index contributed by atoms with van der Waals surface area (Å²) in [7, 11) is -1.76. The van der Waals surface area contributed by atoms with Gasteiger partial charge in [0.15, 0.2) is 0 Å². The van der Waals surface area contributed by atoms with Gasteiger partial charge in [-0.1, -0.05) is 170 Å². The quantitative estimate of drug-likeness (QED) is 0.165. The summed E-state index contributed by atoms with van der Waals surface area (Å²) in [6, 6.07) is 82.9. The highest BCUT2D eigenvalue weighted by Crippen LogP contribution is 2.85. The van der Waals surface area contributed by atoms with E-state index in [4.69, 9.17) is 0 Å². The summed E-state index contributed by atoms with van der Waals surface area (Å²) < 4.78 is 0. The van der Waals surface area contributed by atoms with Crippen LogP contribution in [0.25, 0.3) is 55.6 Å². The van der Waals surface area contributed by atoms with Gasteiger partial charge in [0.25, 0.3) is 0 Å². The summed E-state index contributed by atoms with van der Waals surface area (Å²) in [4.78, 5) is 8.18. The summed E-state index contributed by atoms with van der Waals surface area (Å²) in [5, 5.41) is 0. The molecule has 1 spiro atoms. The van der Waals surface area contributed by atoms with Crippen molar-refractivity contribution in [2.45, 2.75) is 19.6 Å². The Labute approximate surface area is 330 Å². The molecule has 2 aliphatic rings. The number of hydrogen-bond donors (Lipinski definition) is 0. The van der Waals surface area contributed by atoms with Gasteiger partial charge in [-0.2, -0.15) is 0 Å². The lowest BCUT2D eigenvalue weighted by molar-refractivity contribution is 1.26. The lowest BCUT2D eigenvalue weighted by Crippen LogP contribution is -2.12. The van der Waals surface area contributed by atoms with Gasteiger partial charge in [-0.25, -0.2) is 0 Å². The van der Waals surface area contributed by atoms with Crippen molar-refractivity contribution in [3.8, 4) is 55.6 Å². The molecule has 2 aliphatic heterocycles. The van der Waals surface area contributed by atoms with Crippen LogP contribution in [0.15, 0.2) is 244 Å². The van der Waals surface area contributed by atoms with E-state index in [1.807, 2.05) is 0 Å². The third-order valence-corrected chi connectivity index (χ3v) is 15.5. The summed E-state index contributed by atoms with van der Waals surface area (Å²) in [6.45, 7) is 0. The molecule has 9 aromatic carbocycles. The van der Waals surface area contributed by atoms with E-state index >= 15 is 0 Å². The molecule has 1 nitrogen and oxygen atoms in total. The molecule has 0 radical (unpaired) electrons. The highest BCUT2D eigenvalue weighted by molar-refractivity contribution is 8.34. The van der Waals surface area contributed by atoms with Crippen LogP contribution in [0, 0.1) is 0 Å². The van der Waals surface area contributed by atoms with Crippen molar-refractivity contribution in [3.05, 3.63) is 224 Å². The monoisotopic (exact) mass is 731 g/mol. The molecule has 2 heterocycles. The molecule has 0 atom stereocenters. The van der Waals surface area contributed by atoms with Crippen LogP contribution < -0.4 is 4.90 Å². The van der Waals surface area contributed by atoms with Gasteiger partial charge < -0.3 is 4.90 Å². The first-order chi connectivity index (χ1) is 27.8. The molecular weight excluding hydrogens is 695 g/mol. The maximum absolute atomic E-state index is 2.52. The van der Waals surface area contributed by atoms with Gasteiger partial charge in [0.05, 0.1) is 5.69 Å². The van der Waals surface area contributed by atoms with Gasteiger partial charge in [0.1, 0.15) is 0 Å². The molecule has 0 aromatic heterocycles. The number of nitrogens with zero attached hydrogens (tertiary/aromatic N) is 1. The predicted molar refractivity (Wildman–Crippen MR) is 235 cm³/mol. The third kappa shape index (κ3) is 4.90. The number of para-hydroxylation sites is 1. The third-order valence-electron chi connectivity index (χ3n) is 11.4. The van der Waals surface area contributed by atoms with E-state index in [0.717, 1.165) is 17.1 Å². The van der Waals surface area contributed by atoms with Crippen molar-refractivity contribution in [1.82, 2.24) is 0 Å². The molecule has 11 rings (SSSR count). The molecule has 0 amide bonds. The van der Waals surface area contributed by atoms with Crippen LogP contribution in [0.5, 0.6) is 0 Å². The SMILES string of the molecule is c1ccc(-c2cccc(-c3c(-c4ccccc4)cccc3N(c3ccccc3)c3ccc4c(c3)S3(c5ccccc5-c5ccccc53)c3ccccc3-4)c2)cc1. The second kappa shape index (κ2) is 13.2. The standard InChI is InChI=1S/C54H37NS/c1-4-18-38(19-5-1)40-22-16-23-41(36-40)54-44(39-20-6-2-7-21-39)29-17-30-49(54)55(42-24-8-3-9-25-42)43-34-35-48-47-28-12-15-33-52(47)56(53(48)37-43)50-31-13-10-26-45(50)46-27-11-14-32-51(46)56/h1-37H. The van der Waals surface area contributed by atoms with Gasteiger partial charge in [-0.15, -0.1) is 10.0 Å². The predicted octanol–water partition coefficient (Wildman–Crippen LogP) is 15.5. The fourth-order valence-electron chi connectivity index (χ4n) is 9.08. The maximum atomic E-state index is 2.52. The number of anilines is 3. The van der Waals surface area contributed by atoms with E-state index in [0.29, 0.717) is 0 Å². The molecule has 0 N–H and O–H groups in total. The van der Waals surface area contributed by atoms with Gasteiger partial charge in [0.2, 0.25) is 0 Å². The van der Waals surface area contributed by atoms with Crippen molar-refractivity contribution in [3.63, 3.8) is 0 Å². The van der Waals surface area contributed by atoms with Gasteiger partial charge >= 0.3 is 0 Å². The van der Waals surface area contributed by atoms with Crippen molar-refractivity contribution in [2.24, 2.45) is 0 Å². The first kappa shape index (κ1) is 32.6. The smallest absolute Gasteiger partial charge is 0.0546 e. The summed E-state index contributed by atoms with van der Waals surface area (Å²) >= 11 is 0. The molecule has 0 saturated carbocycles. The Kier molecular flexibility index (Phi) is 7.65. The molecule has 56 heavy (non-hydrogen) atoms. The fourth-order valence-corrected chi connectivity index (χ4v) is 13.7. The van der Waals surface area contributed by atoms with Crippen molar-refractivity contribution in [1.29, 1.82) is 0 Å². The zero-order valence-corrected chi connectivity index (χ0v) is 31.5. The van der Waals surface area contributed by atoms with Crippen LogP contribution in [-0.4, -0.2) is 0 Å². The van der Waals surface area contributed by atoms with Crippen molar-refractivity contribution < 1.29 is 0 Å². The summed E-state index contributed by atoms with van der Waals surface area (Å²) in [5.41, 5.74) is 15.9. The Balaban J connectivity index is 1.20. The molecule has 264 valence electrons. The molecule has 0 bridgehead atoms. The number of benzene rings is 9. The van der Waals surface area contributed by atoms with E-state index in [-0.39, 0.29) is 0 Å². The van der Waals surface area contributed by atoms with E-state index < -0.39 is 10.0 Å². The minimum Gasteiger partial charge on any atom is -0.310 e. The zero-order valence-electron chi connectivity index (χ0n) is 30.7. The largest absolute Gasteiger partial charge is 0.310 e. The summed E-state index contributed by atoms with van der Waals surface area (Å²) in [5.74, 6) is 0. The van der Waals surface area contributed by atoms with Crippen molar-refractivity contribution in [2.75, 3.05) is 4.90 Å². The van der Waals surface area contributed by atoms with Gasteiger partial charge in [-0.05, 0) is 105 Å². The van der Waals surface area contributed by atoms with Crippen LogP contribution in [0.3, 0.4) is 0 Å². The minimum absolute atomic E-state index is 1.12. The van der Waals surface area contributed by atoms with E-state index in [9.17, 15) is 0 Å². The van der Waals surface area contributed by atoms with Crippen LogP contribution in [-0.2, 0) is 0 Å². The molecule has 0 aliphatic carbocycles. The first-order valence-electron chi connectivity index (χ1n) is 19.3. The van der Waals surface area contributed by atoms with Crippen molar-refractivity contribution >= 4 is 27.1 Å². The Morgan fingerprint density at radius 1 is 0.268 bits per heavy atom. The lowest BCUT2D eigenvalue weighted by Gasteiger charge is -2.37. The molecule has 0 unspecified atom stereocenters. The number of rotatable bonds is 6. The zero-order chi connectivity index (χ0) is 37.1.